The number of nitrogens with one attached hydrogen (secondary N) is 2. The van der Waals surface area contributed by atoms with Gasteiger partial charge in [-0.1, -0.05) is 30.2 Å². The fourth-order valence-electron chi connectivity index (χ4n) is 5.71. The van der Waals surface area contributed by atoms with Crippen molar-refractivity contribution >= 4 is 29.2 Å². The summed E-state index contributed by atoms with van der Waals surface area (Å²) in [5.41, 5.74) is 7.98. The summed E-state index contributed by atoms with van der Waals surface area (Å²) >= 11 is 6.13. The van der Waals surface area contributed by atoms with E-state index in [-0.39, 0.29) is 11.7 Å². The molecule has 2 N–H and O–H groups in total. The van der Waals surface area contributed by atoms with Crippen LogP contribution < -0.4 is 10.7 Å². The molecule has 1 amide bonds. The van der Waals surface area contributed by atoms with E-state index in [2.05, 4.69) is 15.8 Å². The zero-order valence-electron chi connectivity index (χ0n) is 19.3. The molecule has 3 heterocycles. The van der Waals surface area contributed by atoms with Crippen LogP contribution in [-0.4, -0.2) is 40.3 Å². The smallest absolute Gasteiger partial charge is 0.286 e. The molecule has 2 atom stereocenters. The Balaban J connectivity index is 1.38. The summed E-state index contributed by atoms with van der Waals surface area (Å²) in [6.45, 7) is 2.97. The van der Waals surface area contributed by atoms with Gasteiger partial charge in [-0.05, 0) is 78.3 Å². The zero-order valence-corrected chi connectivity index (χ0v) is 20.1. The van der Waals surface area contributed by atoms with E-state index in [1.54, 1.807) is 12.1 Å². The van der Waals surface area contributed by atoms with E-state index in [4.69, 9.17) is 16.7 Å². The Bertz CT molecular complexity index is 1270. The minimum atomic E-state index is -0.272. The summed E-state index contributed by atoms with van der Waals surface area (Å²) in [4.78, 5) is 13.5. The SMILES string of the molecule is O=C(NN1CC2CCCC2C1)c1nn(-c2ccc(Cl)cc2)c2c1CNCC2=Cc1ccc(F)cc1. The van der Waals surface area contributed by atoms with Crippen molar-refractivity contribution in [1.82, 2.24) is 25.5 Å². The van der Waals surface area contributed by atoms with Gasteiger partial charge >= 0.3 is 0 Å². The van der Waals surface area contributed by atoms with E-state index in [9.17, 15) is 9.18 Å². The minimum absolute atomic E-state index is 0.182. The maximum atomic E-state index is 13.5. The van der Waals surface area contributed by atoms with Crippen LogP contribution in [0.3, 0.4) is 0 Å². The van der Waals surface area contributed by atoms with Gasteiger partial charge in [0, 0.05) is 36.8 Å². The van der Waals surface area contributed by atoms with Crippen molar-refractivity contribution in [3.63, 3.8) is 0 Å². The Morgan fingerprint density at radius 2 is 1.77 bits per heavy atom. The third-order valence-corrected chi connectivity index (χ3v) is 7.64. The number of hydrogen-bond acceptors (Lipinski definition) is 4. The number of aromatic nitrogens is 2. The molecule has 0 spiro atoms. The molecule has 3 aromatic rings. The Morgan fingerprint density at radius 3 is 2.49 bits per heavy atom. The molecule has 1 aliphatic carbocycles. The summed E-state index contributed by atoms with van der Waals surface area (Å²) < 4.78 is 15.3. The predicted octanol–water partition coefficient (Wildman–Crippen LogP) is 4.69. The lowest BCUT2D eigenvalue weighted by atomic mass is 9.99. The lowest BCUT2D eigenvalue weighted by Crippen LogP contribution is -2.41. The molecular weight excluding hydrogens is 465 g/mol. The van der Waals surface area contributed by atoms with Gasteiger partial charge in [0.2, 0.25) is 0 Å². The fourth-order valence-corrected chi connectivity index (χ4v) is 5.83. The molecule has 2 fully saturated rings. The first-order valence-corrected chi connectivity index (χ1v) is 12.5. The number of benzene rings is 2. The van der Waals surface area contributed by atoms with Gasteiger partial charge in [-0.3, -0.25) is 10.2 Å². The van der Waals surface area contributed by atoms with Crippen molar-refractivity contribution in [1.29, 1.82) is 0 Å². The molecule has 6 rings (SSSR count). The topological polar surface area (TPSA) is 62.2 Å². The zero-order chi connectivity index (χ0) is 23.9. The van der Waals surface area contributed by atoms with Crippen LogP contribution in [-0.2, 0) is 6.54 Å². The lowest BCUT2D eigenvalue weighted by Gasteiger charge is -2.20. The van der Waals surface area contributed by atoms with Crippen LogP contribution >= 0.6 is 11.6 Å². The van der Waals surface area contributed by atoms with Crippen LogP contribution in [0.4, 0.5) is 4.39 Å². The van der Waals surface area contributed by atoms with Crippen LogP contribution in [0.15, 0.2) is 48.5 Å². The second-order valence-electron chi connectivity index (χ2n) is 9.69. The molecule has 0 bridgehead atoms. The van der Waals surface area contributed by atoms with Gasteiger partial charge < -0.3 is 5.32 Å². The molecule has 2 aromatic carbocycles. The quantitative estimate of drug-likeness (QED) is 0.556. The molecule has 2 unspecified atom stereocenters. The number of amides is 1. The third kappa shape index (κ3) is 4.40. The van der Waals surface area contributed by atoms with Crippen LogP contribution in [0.5, 0.6) is 0 Å². The minimum Gasteiger partial charge on any atom is -0.308 e. The number of carbonyl (C=O) groups is 1. The van der Waals surface area contributed by atoms with Crippen LogP contribution in [0.2, 0.25) is 5.02 Å². The van der Waals surface area contributed by atoms with Crippen LogP contribution in [0.1, 0.15) is 46.6 Å². The van der Waals surface area contributed by atoms with Gasteiger partial charge in [0.05, 0.1) is 11.4 Å². The molecule has 6 nitrogen and oxygen atoms in total. The first-order valence-electron chi connectivity index (χ1n) is 12.2. The van der Waals surface area contributed by atoms with Gasteiger partial charge in [-0.15, -0.1) is 0 Å². The summed E-state index contributed by atoms with van der Waals surface area (Å²) in [5, 5.41) is 10.9. The van der Waals surface area contributed by atoms with E-state index < -0.39 is 0 Å². The van der Waals surface area contributed by atoms with Gasteiger partial charge in [-0.25, -0.2) is 14.1 Å². The second-order valence-corrected chi connectivity index (χ2v) is 10.1. The number of hydrazine groups is 1. The largest absolute Gasteiger partial charge is 0.308 e. The molecule has 3 aliphatic rings. The molecule has 0 radical (unpaired) electrons. The van der Waals surface area contributed by atoms with E-state index in [0.717, 1.165) is 41.2 Å². The average molecular weight is 492 g/mol. The average Bonchev–Trinajstić information content (AvgIpc) is 3.55. The van der Waals surface area contributed by atoms with E-state index >= 15 is 0 Å². The molecule has 8 heteroatoms. The number of rotatable bonds is 4. The van der Waals surface area contributed by atoms with Crippen LogP contribution in [0.25, 0.3) is 17.3 Å². The second kappa shape index (κ2) is 9.22. The number of carbonyl (C=O) groups excluding carboxylic acids is 1. The molecular formula is C27H27ClFN5O. The van der Waals surface area contributed by atoms with Crippen molar-refractivity contribution in [3.05, 3.63) is 81.9 Å². The lowest BCUT2D eigenvalue weighted by molar-refractivity contribution is 0.0807. The van der Waals surface area contributed by atoms with Crippen LogP contribution in [0, 0.1) is 17.7 Å². The standard InChI is InChI=1S/C27H27ClFN5O/c28-21-6-10-23(11-7-21)34-26-20(12-17-4-8-22(29)9-5-17)13-30-14-24(26)25(31-34)27(35)32-33-15-18-2-1-3-19(18)16-33/h4-12,18-19,30H,1-3,13-16H2,(H,32,35). The number of hydrogen-bond donors (Lipinski definition) is 2. The van der Waals surface area contributed by atoms with Crippen molar-refractivity contribution < 1.29 is 9.18 Å². The molecule has 2 aliphatic heterocycles. The van der Waals surface area contributed by atoms with Gasteiger partial charge in [-0.2, -0.15) is 5.10 Å². The first kappa shape index (κ1) is 22.5. The van der Waals surface area contributed by atoms with Gasteiger partial charge in [0.15, 0.2) is 5.69 Å². The Hall–Kier alpha value is -3.00. The Kier molecular flexibility index (Phi) is 5.92. The summed E-state index contributed by atoms with van der Waals surface area (Å²) in [5.74, 6) is 0.912. The van der Waals surface area contributed by atoms with Gasteiger partial charge in [0.25, 0.3) is 5.91 Å². The van der Waals surface area contributed by atoms with E-state index in [1.165, 1.54) is 31.4 Å². The van der Waals surface area contributed by atoms with Crippen molar-refractivity contribution in [3.8, 4) is 5.69 Å². The van der Waals surface area contributed by atoms with E-state index in [1.807, 2.05) is 35.0 Å². The molecule has 1 aromatic heterocycles. The van der Waals surface area contributed by atoms with Gasteiger partial charge in [0.1, 0.15) is 5.82 Å². The fraction of sp³-hybridized carbons (Fsp3) is 0.333. The third-order valence-electron chi connectivity index (χ3n) is 7.39. The molecule has 1 saturated heterocycles. The highest BCUT2D eigenvalue weighted by molar-refractivity contribution is 6.30. The summed E-state index contributed by atoms with van der Waals surface area (Å²) in [7, 11) is 0. The predicted molar refractivity (Wildman–Crippen MR) is 134 cm³/mol. The maximum absolute atomic E-state index is 13.5. The highest BCUT2D eigenvalue weighted by Gasteiger charge is 2.37. The molecule has 35 heavy (non-hydrogen) atoms. The Morgan fingerprint density at radius 1 is 1.06 bits per heavy atom. The number of nitrogens with zero attached hydrogens (tertiary/aromatic N) is 3. The Labute approximate surface area is 208 Å². The summed E-state index contributed by atoms with van der Waals surface area (Å²) in [6, 6.07) is 13.8. The normalized spacial score (nSPS) is 22.9. The maximum Gasteiger partial charge on any atom is 0.286 e. The molecule has 180 valence electrons. The number of fused-ring (bicyclic) bond motifs is 2. The summed E-state index contributed by atoms with van der Waals surface area (Å²) in [6.07, 6.45) is 5.81. The highest BCUT2D eigenvalue weighted by Crippen LogP contribution is 2.37. The van der Waals surface area contributed by atoms with Crippen molar-refractivity contribution in [2.45, 2.75) is 25.8 Å². The monoisotopic (exact) mass is 491 g/mol. The van der Waals surface area contributed by atoms with Crippen molar-refractivity contribution in [2.75, 3.05) is 19.6 Å². The number of halogens is 2. The first-order chi connectivity index (χ1) is 17.0. The molecule has 1 saturated carbocycles. The highest BCUT2D eigenvalue weighted by atomic mass is 35.5. The van der Waals surface area contributed by atoms with Crippen molar-refractivity contribution in [2.24, 2.45) is 11.8 Å². The van der Waals surface area contributed by atoms with E-state index in [0.29, 0.717) is 35.6 Å².